The number of esters is 1. The highest BCUT2D eigenvalue weighted by molar-refractivity contribution is 5.76. The van der Waals surface area contributed by atoms with E-state index < -0.39 is 0 Å². The van der Waals surface area contributed by atoms with Gasteiger partial charge in [0.2, 0.25) is 0 Å². The third-order valence-corrected chi connectivity index (χ3v) is 2.75. The maximum atomic E-state index is 11.4. The molecule has 0 saturated heterocycles. The second kappa shape index (κ2) is 6.80. The van der Waals surface area contributed by atoms with E-state index in [2.05, 4.69) is 5.32 Å². The van der Waals surface area contributed by atoms with Crippen LogP contribution in [0.15, 0.2) is 0 Å². The lowest BCUT2D eigenvalue weighted by molar-refractivity contribution is -0.143. The van der Waals surface area contributed by atoms with Crippen LogP contribution in [-0.4, -0.2) is 37.4 Å². The maximum Gasteiger partial charge on any atom is 0.323 e. The summed E-state index contributed by atoms with van der Waals surface area (Å²) in [6.07, 6.45) is 5.10. The Hall–Kier alpha value is -0.610. The van der Waals surface area contributed by atoms with Gasteiger partial charge in [0.25, 0.3) is 0 Å². The average molecular weight is 215 g/mol. The van der Waals surface area contributed by atoms with E-state index in [1.807, 2.05) is 0 Å². The Bertz CT molecular complexity index is 192. The number of ether oxygens (including phenoxy) is 1. The summed E-state index contributed by atoms with van der Waals surface area (Å²) in [7, 11) is 1.44. The van der Waals surface area contributed by atoms with Gasteiger partial charge in [-0.1, -0.05) is 0 Å². The fourth-order valence-electron chi connectivity index (χ4n) is 1.67. The van der Waals surface area contributed by atoms with Crippen LogP contribution in [0.3, 0.4) is 0 Å². The van der Waals surface area contributed by atoms with Crippen LogP contribution in [0.2, 0.25) is 0 Å². The molecule has 0 spiro atoms. The van der Waals surface area contributed by atoms with Gasteiger partial charge in [0, 0.05) is 6.61 Å². The quantitative estimate of drug-likeness (QED) is 0.462. The molecule has 0 aromatic carbocycles. The van der Waals surface area contributed by atoms with Gasteiger partial charge in [0.15, 0.2) is 0 Å². The Balaban J connectivity index is 2.12. The summed E-state index contributed by atoms with van der Waals surface area (Å²) < 4.78 is 4.75. The molecule has 1 aliphatic rings. The number of carbonyl (C=O) groups excluding carboxylic acids is 1. The maximum absolute atomic E-state index is 11.4. The van der Waals surface area contributed by atoms with Gasteiger partial charge in [-0.05, 0) is 44.6 Å². The Morgan fingerprint density at radius 2 is 2.20 bits per heavy atom. The largest absolute Gasteiger partial charge is 0.468 e. The first-order chi connectivity index (χ1) is 7.29. The smallest absolute Gasteiger partial charge is 0.323 e. The molecule has 1 aliphatic carbocycles. The molecule has 0 aromatic rings. The van der Waals surface area contributed by atoms with Crippen LogP contribution in [0.5, 0.6) is 0 Å². The fourth-order valence-corrected chi connectivity index (χ4v) is 1.67. The number of hydrogen-bond acceptors (Lipinski definition) is 4. The Morgan fingerprint density at radius 3 is 2.73 bits per heavy atom. The zero-order valence-corrected chi connectivity index (χ0v) is 9.37. The lowest BCUT2D eigenvalue weighted by atomic mass is 10.1. The van der Waals surface area contributed by atoms with Crippen LogP contribution in [0.1, 0.15) is 32.1 Å². The van der Waals surface area contributed by atoms with E-state index in [1.165, 1.54) is 7.11 Å². The zero-order valence-electron chi connectivity index (χ0n) is 9.37. The molecule has 4 nitrogen and oxygen atoms in total. The number of methoxy groups -OCH3 is 1. The third-order valence-electron chi connectivity index (χ3n) is 2.75. The van der Waals surface area contributed by atoms with Crippen molar-refractivity contribution in [2.75, 3.05) is 20.3 Å². The van der Waals surface area contributed by atoms with Crippen molar-refractivity contribution in [3.63, 3.8) is 0 Å². The number of aliphatic hydroxyl groups excluding tert-OH is 1. The molecule has 1 unspecified atom stereocenters. The summed E-state index contributed by atoms with van der Waals surface area (Å²) in [6.45, 7) is 1.08. The fraction of sp³-hybridized carbons (Fsp3) is 0.909. The first-order valence-electron chi connectivity index (χ1n) is 5.71. The van der Waals surface area contributed by atoms with E-state index in [0.29, 0.717) is 5.92 Å². The Morgan fingerprint density at radius 1 is 1.47 bits per heavy atom. The second-order valence-corrected chi connectivity index (χ2v) is 4.08. The molecule has 88 valence electrons. The van der Waals surface area contributed by atoms with Crippen molar-refractivity contribution in [3.05, 3.63) is 0 Å². The van der Waals surface area contributed by atoms with E-state index in [0.717, 1.165) is 38.6 Å². The average Bonchev–Trinajstić information content (AvgIpc) is 3.06. The molecule has 4 heteroatoms. The summed E-state index contributed by atoms with van der Waals surface area (Å²) >= 11 is 0. The van der Waals surface area contributed by atoms with Gasteiger partial charge in [-0.15, -0.1) is 0 Å². The van der Waals surface area contributed by atoms with Gasteiger partial charge in [0.1, 0.15) is 6.04 Å². The van der Waals surface area contributed by atoms with Gasteiger partial charge in [-0.3, -0.25) is 4.79 Å². The molecular formula is C11H21NO3. The normalized spacial score (nSPS) is 17.5. The highest BCUT2D eigenvalue weighted by Crippen LogP contribution is 2.33. The van der Waals surface area contributed by atoms with Crippen molar-refractivity contribution in [2.24, 2.45) is 5.92 Å². The number of carbonyl (C=O) groups is 1. The standard InChI is InChI=1S/C11H21NO3/c1-15-11(14)10(9-5-6-9)12-7-3-2-4-8-13/h9-10,12-13H,2-8H2,1H3. The number of rotatable bonds is 8. The van der Waals surface area contributed by atoms with Gasteiger partial charge >= 0.3 is 5.97 Å². The van der Waals surface area contributed by atoms with Crippen LogP contribution in [0, 0.1) is 5.92 Å². The number of aliphatic hydroxyl groups is 1. The Kier molecular flexibility index (Phi) is 5.65. The molecule has 1 saturated carbocycles. The second-order valence-electron chi connectivity index (χ2n) is 4.08. The van der Waals surface area contributed by atoms with Gasteiger partial charge < -0.3 is 15.2 Å². The van der Waals surface area contributed by atoms with Crippen molar-refractivity contribution in [1.82, 2.24) is 5.32 Å². The zero-order chi connectivity index (χ0) is 11.1. The molecule has 0 bridgehead atoms. The Labute approximate surface area is 91.0 Å². The predicted molar refractivity (Wildman–Crippen MR) is 57.5 cm³/mol. The molecular weight excluding hydrogens is 194 g/mol. The molecule has 0 heterocycles. The predicted octanol–water partition coefficient (Wildman–Crippen LogP) is 0.690. The molecule has 1 fully saturated rings. The summed E-state index contributed by atoms with van der Waals surface area (Å²) in [6, 6.07) is -0.107. The summed E-state index contributed by atoms with van der Waals surface area (Å²) in [5, 5.41) is 11.8. The SMILES string of the molecule is COC(=O)C(NCCCCCO)C1CC1. The molecule has 0 radical (unpaired) electrons. The van der Waals surface area contributed by atoms with E-state index in [-0.39, 0.29) is 18.6 Å². The van der Waals surface area contributed by atoms with Crippen molar-refractivity contribution >= 4 is 5.97 Å². The molecule has 1 atom stereocenters. The van der Waals surface area contributed by atoms with Crippen molar-refractivity contribution in [2.45, 2.75) is 38.1 Å². The lowest BCUT2D eigenvalue weighted by Gasteiger charge is -2.15. The van der Waals surface area contributed by atoms with Crippen LogP contribution >= 0.6 is 0 Å². The van der Waals surface area contributed by atoms with E-state index >= 15 is 0 Å². The third kappa shape index (κ3) is 4.62. The van der Waals surface area contributed by atoms with Gasteiger partial charge in [0.05, 0.1) is 7.11 Å². The topological polar surface area (TPSA) is 58.6 Å². The molecule has 1 rings (SSSR count). The molecule has 0 amide bonds. The molecule has 0 aromatic heterocycles. The number of nitrogens with one attached hydrogen (secondary N) is 1. The molecule has 0 aliphatic heterocycles. The first-order valence-corrected chi connectivity index (χ1v) is 5.71. The van der Waals surface area contributed by atoms with Crippen molar-refractivity contribution in [1.29, 1.82) is 0 Å². The first kappa shape index (κ1) is 12.5. The van der Waals surface area contributed by atoms with Crippen LogP contribution in [0.25, 0.3) is 0 Å². The van der Waals surface area contributed by atoms with E-state index in [4.69, 9.17) is 9.84 Å². The summed E-state index contributed by atoms with van der Waals surface area (Å²) in [5.41, 5.74) is 0. The van der Waals surface area contributed by atoms with Crippen LogP contribution in [-0.2, 0) is 9.53 Å². The monoisotopic (exact) mass is 215 g/mol. The van der Waals surface area contributed by atoms with Crippen LogP contribution in [0.4, 0.5) is 0 Å². The minimum atomic E-state index is -0.139. The van der Waals surface area contributed by atoms with Crippen LogP contribution < -0.4 is 5.32 Å². The minimum absolute atomic E-state index is 0.107. The number of unbranched alkanes of at least 4 members (excludes halogenated alkanes) is 2. The van der Waals surface area contributed by atoms with Crippen molar-refractivity contribution in [3.8, 4) is 0 Å². The number of hydrogen-bond donors (Lipinski definition) is 2. The van der Waals surface area contributed by atoms with E-state index in [1.54, 1.807) is 0 Å². The summed E-state index contributed by atoms with van der Waals surface area (Å²) in [5.74, 6) is 0.343. The van der Waals surface area contributed by atoms with Crippen molar-refractivity contribution < 1.29 is 14.6 Å². The lowest BCUT2D eigenvalue weighted by Crippen LogP contribution is -2.39. The highest BCUT2D eigenvalue weighted by atomic mass is 16.5. The highest BCUT2D eigenvalue weighted by Gasteiger charge is 2.36. The van der Waals surface area contributed by atoms with E-state index in [9.17, 15) is 4.79 Å². The summed E-state index contributed by atoms with van der Waals surface area (Å²) in [4.78, 5) is 11.4. The minimum Gasteiger partial charge on any atom is -0.468 e. The van der Waals surface area contributed by atoms with Gasteiger partial charge in [-0.2, -0.15) is 0 Å². The molecule has 2 N–H and O–H groups in total. The molecule has 15 heavy (non-hydrogen) atoms. The van der Waals surface area contributed by atoms with Gasteiger partial charge in [-0.25, -0.2) is 0 Å².